The Morgan fingerprint density at radius 2 is 2.31 bits per heavy atom. The van der Waals surface area contributed by atoms with Crippen molar-refractivity contribution in [3.05, 3.63) is 22.4 Å². The van der Waals surface area contributed by atoms with E-state index in [2.05, 4.69) is 5.32 Å². The van der Waals surface area contributed by atoms with Gasteiger partial charge in [0.25, 0.3) is 0 Å². The van der Waals surface area contributed by atoms with Crippen molar-refractivity contribution in [2.24, 2.45) is 0 Å². The van der Waals surface area contributed by atoms with Crippen LogP contribution in [0.3, 0.4) is 0 Å². The van der Waals surface area contributed by atoms with Crippen LogP contribution in [0, 0.1) is 0 Å². The quantitative estimate of drug-likeness (QED) is 0.800. The highest BCUT2D eigenvalue weighted by Crippen LogP contribution is 2.12. The molecular formula is C12H19NO2S. The third-order valence-corrected chi connectivity index (χ3v) is 3.33. The number of nitrogens with one attached hydrogen (secondary N) is 1. The molecule has 0 spiro atoms. The monoisotopic (exact) mass is 241 g/mol. The molecule has 0 aliphatic rings. The first kappa shape index (κ1) is 13.2. The van der Waals surface area contributed by atoms with Crippen molar-refractivity contribution in [2.75, 3.05) is 6.61 Å². The Balaban J connectivity index is 2.30. The van der Waals surface area contributed by atoms with Gasteiger partial charge >= 0.3 is 0 Å². The molecule has 0 aliphatic heterocycles. The molecule has 0 atom stereocenters. The van der Waals surface area contributed by atoms with E-state index in [9.17, 15) is 4.79 Å². The van der Waals surface area contributed by atoms with Gasteiger partial charge < -0.3 is 10.4 Å². The van der Waals surface area contributed by atoms with E-state index in [0.29, 0.717) is 12.8 Å². The number of aliphatic hydroxyl groups is 1. The second kappa shape index (κ2) is 6.01. The summed E-state index contributed by atoms with van der Waals surface area (Å²) in [5, 5.41) is 13.8. The molecule has 0 aromatic carbocycles. The van der Waals surface area contributed by atoms with Crippen LogP contribution in [0.25, 0.3) is 0 Å². The standard InChI is InChI=1S/C12H19NO2S/c1-12(2,7-8-14)13-11(15)6-5-10-4-3-9-16-10/h3-4,9,14H,5-8H2,1-2H3,(H,13,15). The van der Waals surface area contributed by atoms with E-state index in [1.807, 2.05) is 31.4 Å². The van der Waals surface area contributed by atoms with Crippen molar-refractivity contribution in [3.63, 3.8) is 0 Å². The second-order valence-corrected chi connectivity index (χ2v) is 5.52. The molecule has 0 radical (unpaired) electrons. The number of aryl methyl sites for hydroxylation is 1. The molecule has 2 N–H and O–H groups in total. The van der Waals surface area contributed by atoms with Gasteiger partial charge in [0.2, 0.25) is 5.91 Å². The molecule has 1 amide bonds. The fourth-order valence-electron chi connectivity index (χ4n) is 1.47. The zero-order valence-corrected chi connectivity index (χ0v) is 10.6. The summed E-state index contributed by atoms with van der Waals surface area (Å²) in [6, 6.07) is 4.03. The maximum absolute atomic E-state index is 11.6. The fraction of sp³-hybridized carbons (Fsp3) is 0.583. The van der Waals surface area contributed by atoms with Crippen molar-refractivity contribution in [3.8, 4) is 0 Å². The fourth-order valence-corrected chi connectivity index (χ4v) is 2.18. The SMILES string of the molecule is CC(C)(CCO)NC(=O)CCc1cccs1. The third kappa shape index (κ3) is 4.77. The van der Waals surface area contributed by atoms with Crippen LogP contribution in [0.4, 0.5) is 0 Å². The lowest BCUT2D eigenvalue weighted by Gasteiger charge is -2.25. The summed E-state index contributed by atoms with van der Waals surface area (Å²) in [4.78, 5) is 12.9. The van der Waals surface area contributed by atoms with E-state index in [1.165, 1.54) is 4.88 Å². The van der Waals surface area contributed by atoms with Gasteiger partial charge in [-0.2, -0.15) is 0 Å². The lowest BCUT2D eigenvalue weighted by Crippen LogP contribution is -2.44. The lowest BCUT2D eigenvalue weighted by molar-refractivity contribution is -0.122. The van der Waals surface area contributed by atoms with E-state index in [4.69, 9.17) is 5.11 Å². The molecule has 1 heterocycles. The minimum Gasteiger partial charge on any atom is -0.396 e. The van der Waals surface area contributed by atoms with Crippen molar-refractivity contribution in [1.82, 2.24) is 5.32 Å². The molecule has 16 heavy (non-hydrogen) atoms. The Morgan fingerprint density at radius 1 is 1.56 bits per heavy atom. The van der Waals surface area contributed by atoms with E-state index >= 15 is 0 Å². The minimum atomic E-state index is -0.318. The van der Waals surface area contributed by atoms with Gasteiger partial charge in [-0.1, -0.05) is 6.07 Å². The number of hydrogen-bond donors (Lipinski definition) is 2. The number of thiophene rings is 1. The number of carbonyl (C=O) groups excluding carboxylic acids is 1. The van der Waals surface area contributed by atoms with Crippen LogP contribution in [0.1, 0.15) is 31.6 Å². The van der Waals surface area contributed by atoms with Crippen LogP contribution in [-0.2, 0) is 11.2 Å². The first-order valence-electron chi connectivity index (χ1n) is 5.48. The van der Waals surface area contributed by atoms with Gasteiger partial charge in [-0.3, -0.25) is 4.79 Å². The first-order valence-corrected chi connectivity index (χ1v) is 6.36. The van der Waals surface area contributed by atoms with Crippen molar-refractivity contribution < 1.29 is 9.90 Å². The summed E-state index contributed by atoms with van der Waals surface area (Å²) in [7, 11) is 0. The average molecular weight is 241 g/mol. The van der Waals surface area contributed by atoms with Gasteiger partial charge in [0, 0.05) is 23.4 Å². The summed E-state index contributed by atoms with van der Waals surface area (Å²) in [5.74, 6) is 0.0480. The van der Waals surface area contributed by atoms with E-state index in [0.717, 1.165) is 6.42 Å². The largest absolute Gasteiger partial charge is 0.396 e. The van der Waals surface area contributed by atoms with Crippen molar-refractivity contribution in [1.29, 1.82) is 0 Å². The predicted molar refractivity (Wildman–Crippen MR) is 66.6 cm³/mol. The Labute approximate surface area is 100 Å². The molecule has 0 unspecified atom stereocenters. The number of carbonyl (C=O) groups is 1. The predicted octanol–water partition coefficient (Wildman–Crippen LogP) is 1.96. The zero-order chi connectivity index (χ0) is 12.0. The Bertz CT molecular complexity index is 320. The summed E-state index contributed by atoms with van der Waals surface area (Å²) in [5.41, 5.74) is -0.318. The normalized spacial score (nSPS) is 11.4. The summed E-state index contributed by atoms with van der Waals surface area (Å²) >= 11 is 1.67. The van der Waals surface area contributed by atoms with Gasteiger partial charge in [0.15, 0.2) is 0 Å². The Morgan fingerprint density at radius 3 is 2.88 bits per heavy atom. The molecule has 1 aromatic heterocycles. The highest BCUT2D eigenvalue weighted by molar-refractivity contribution is 7.09. The maximum atomic E-state index is 11.6. The van der Waals surface area contributed by atoms with Crippen LogP contribution in [0.15, 0.2) is 17.5 Å². The van der Waals surface area contributed by atoms with Crippen LogP contribution < -0.4 is 5.32 Å². The van der Waals surface area contributed by atoms with Crippen LogP contribution in [-0.4, -0.2) is 23.2 Å². The Hall–Kier alpha value is -0.870. The number of aliphatic hydroxyl groups excluding tert-OH is 1. The molecule has 0 fully saturated rings. The van der Waals surface area contributed by atoms with Gasteiger partial charge in [0.1, 0.15) is 0 Å². The lowest BCUT2D eigenvalue weighted by atomic mass is 10.0. The molecule has 0 saturated carbocycles. The molecule has 1 rings (SSSR count). The number of hydrogen-bond acceptors (Lipinski definition) is 3. The Kier molecular flexibility index (Phi) is 4.96. The van der Waals surface area contributed by atoms with Gasteiger partial charge in [0.05, 0.1) is 0 Å². The topological polar surface area (TPSA) is 49.3 Å². The van der Waals surface area contributed by atoms with Gasteiger partial charge in [-0.25, -0.2) is 0 Å². The van der Waals surface area contributed by atoms with Gasteiger partial charge in [-0.15, -0.1) is 11.3 Å². The zero-order valence-electron chi connectivity index (χ0n) is 9.82. The van der Waals surface area contributed by atoms with Crippen LogP contribution in [0.5, 0.6) is 0 Å². The third-order valence-electron chi connectivity index (χ3n) is 2.39. The van der Waals surface area contributed by atoms with E-state index in [-0.39, 0.29) is 18.1 Å². The minimum absolute atomic E-state index is 0.0480. The highest BCUT2D eigenvalue weighted by atomic mass is 32.1. The summed E-state index contributed by atoms with van der Waals surface area (Å²) in [6.07, 6.45) is 1.88. The molecule has 90 valence electrons. The summed E-state index contributed by atoms with van der Waals surface area (Å²) < 4.78 is 0. The van der Waals surface area contributed by atoms with Gasteiger partial charge in [-0.05, 0) is 38.1 Å². The van der Waals surface area contributed by atoms with E-state index < -0.39 is 0 Å². The average Bonchev–Trinajstić information content (AvgIpc) is 2.66. The smallest absolute Gasteiger partial charge is 0.220 e. The molecular weight excluding hydrogens is 222 g/mol. The molecule has 0 saturated heterocycles. The summed E-state index contributed by atoms with van der Waals surface area (Å²) in [6.45, 7) is 3.94. The van der Waals surface area contributed by atoms with Crippen molar-refractivity contribution in [2.45, 2.75) is 38.6 Å². The van der Waals surface area contributed by atoms with E-state index in [1.54, 1.807) is 11.3 Å². The van der Waals surface area contributed by atoms with Crippen LogP contribution >= 0.6 is 11.3 Å². The first-order chi connectivity index (χ1) is 7.53. The number of amides is 1. The molecule has 0 bridgehead atoms. The second-order valence-electron chi connectivity index (χ2n) is 4.49. The van der Waals surface area contributed by atoms with Crippen LogP contribution in [0.2, 0.25) is 0 Å². The maximum Gasteiger partial charge on any atom is 0.220 e. The van der Waals surface area contributed by atoms with Crippen molar-refractivity contribution >= 4 is 17.2 Å². The molecule has 0 aliphatic carbocycles. The highest BCUT2D eigenvalue weighted by Gasteiger charge is 2.19. The molecule has 3 nitrogen and oxygen atoms in total. The molecule has 4 heteroatoms. The molecule has 1 aromatic rings. The number of rotatable bonds is 6.